The molecule has 2 amide bonds. The summed E-state index contributed by atoms with van der Waals surface area (Å²) in [5.41, 5.74) is 3.44. The lowest BCUT2D eigenvalue weighted by Gasteiger charge is -2.40. The van der Waals surface area contributed by atoms with Gasteiger partial charge in [0, 0.05) is 45.0 Å². The van der Waals surface area contributed by atoms with Crippen molar-refractivity contribution in [2.45, 2.75) is 37.0 Å². The average molecular weight is 420 g/mol. The number of ether oxygens (including phenoxy) is 1. The first-order chi connectivity index (χ1) is 15.2. The lowest BCUT2D eigenvalue weighted by Crippen LogP contribution is -2.44. The highest BCUT2D eigenvalue weighted by atomic mass is 16.5. The van der Waals surface area contributed by atoms with Crippen molar-refractivity contribution in [3.05, 3.63) is 65.5 Å². The number of piperidine rings is 1. The van der Waals surface area contributed by atoms with Gasteiger partial charge in [-0.3, -0.25) is 14.6 Å². The van der Waals surface area contributed by atoms with Gasteiger partial charge in [0.1, 0.15) is 0 Å². The summed E-state index contributed by atoms with van der Waals surface area (Å²) < 4.78 is 5.40. The highest BCUT2D eigenvalue weighted by Gasteiger charge is 2.46. The summed E-state index contributed by atoms with van der Waals surface area (Å²) in [7, 11) is 0. The van der Waals surface area contributed by atoms with E-state index in [1.54, 1.807) is 12.4 Å². The summed E-state index contributed by atoms with van der Waals surface area (Å²) in [6, 6.07) is 12.3. The SMILES string of the molecule is O=C(CC1CC2(CCN(C(=O)c3cccnc3)CC2)c2ccccc21)N1CCOCC1. The van der Waals surface area contributed by atoms with E-state index >= 15 is 0 Å². The standard InChI is InChI=1S/C25H29N3O3/c29-23(27-12-14-31-15-13-27)16-20-17-25(22-6-2-1-5-21(20)22)7-10-28(11-8-25)24(30)19-4-3-9-26-18-19/h1-6,9,18,20H,7-8,10-17H2. The molecule has 162 valence electrons. The third-order valence-corrected chi connectivity index (χ3v) is 7.31. The minimum atomic E-state index is 0.0632. The Kier molecular flexibility index (Phi) is 5.48. The lowest BCUT2D eigenvalue weighted by atomic mass is 9.73. The van der Waals surface area contributed by atoms with E-state index in [0.29, 0.717) is 38.3 Å². The summed E-state index contributed by atoms with van der Waals surface area (Å²) in [5, 5.41) is 0. The third kappa shape index (κ3) is 3.85. The molecule has 5 rings (SSSR count). The van der Waals surface area contributed by atoms with Gasteiger partial charge in [0.05, 0.1) is 18.8 Å². The second-order valence-corrected chi connectivity index (χ2v) is 9.00. The zero-order valence-electron chi connectivity index (χ0n) is 17.8. The lowest BCUT2D eigenvalue weighted by molar-refractivity contribution is -0.135. The number of morpholine rings is 1. The van der Waals surface area contributed by atoms with E-state index in [0.717, 1.165) is 32.4 Å². The maximum Gasteiger partial charge on any atom is 0.255 e. The molecule has 31 heavy (non-hydrogen) atoms. The molecule has 2 saturated heterocycles. The molecule has 3 aliphatic rings. The molecule has 1 spiro atoms. The van der Waals surface area contributed by atoms with Crippen LogP contribution < -0.4 is 0 Å². The number of carbonyl (C=O) groups is 2. The van der Waals surface area contributed by atoms with Gasteiger partial charge in [-0.2, -0.15) is 0 Å². The van der Waals surface area contributed by atoms with Crippen molar-refractivity contribution in [2.24, 2.45) is 0 Å². The number of likely N-dealkylation sites (tertiary alicyclic amines) is 1. The zero-order chi connectivity index (χ0) is 21.3. The first-order valence-corrected chi connectivity index (χ1v) is 11.3. The molecule has 1 unspecified atom stereocenters. The largest absolute Gasteiger partial charge is 0.378 e. The number of hydrogen-bond donors (Lipinski definition) is 0. The number of benzene rings is 1. The van der Waals surface area contributed by atoms with Gasteiger partial charge in [-0.1, -0.05) is 24.3 Å². The van der Waals surface area contributed by atoms with E-state index in [1.165, 1.54) is 11.1 Å². The van der Waals surface area contributed by atoms with Gasteiger partial charge in [0.2, 0.25) is 5.91 Å². The van der Waals surface area contributed by atoms with Gasteiger partial charge in [-0.25, -0.2) is 0 Å². The molecule has 0 saturated carbocycles. The monoisotopic (exact) mass is 419 g/mol. The Bertz CT molecular complexity index is 947. The topological polar surface area (TPSA) is 62.7 Å². The van der Waals surface area contributed by atoms with Crippen LogP contribution in [0.3, 0.4) is 0 Å². The summed E-state index contributed by atoms with van der Waals surface area (Å²) in [6.07, 6.45) is 6.78. The maximum atomic E-state index is 12.9. The Labute approximate surface area is 183 Å². The van der Waals surface area contributed by atoms with Crippen LogP contribution in [0.2, 0.25) is 0 Å². The maximum absolute atomic E-state index is 12.9. The molecule has 0 bridgehead atoms. The number of hydrogen-bond acceptors (Lipinski definition) is 4. The molecule has 1 aromatic heterocycles. The summed E-state index contributed by atoms with van der Waals surface area (Å²) in [5.74, 6) is 0.560. The van der Waals surface area contributed by atoms with Crippen molar-refractivity contribution in [1.29, 1.82) is 0 Å². The molecule has 0 N–H and O–H groups in total. The number of fused-ring (bicyclic) bond motifs is 2. The first kappa shape index (κ1) is 20.2. The van der Waals surface area contributed by atoms with Crippen molar-refractivity contribution >= 4 is 11.8 Å². The smallest absolute Gasteiger partial charge is 0.255 e. The molecule has 2 aromatic rings. The average Bonchev–Trinajstić information content (AvgIpc) is 3.13. The predicted molar refractivity (Wildman–Crippen MR) is 117 cm³/mol. The van der Waals surface area contributed by atoms with Gasteiger partial charge < -0.3 is 14.5 Å². The fourth-order valence-corrected chi connectivity index (χ4v) is 5.65. The zero-order valence-corrected chi connectivity index (χ0v) is 17.8. The second kappa shape index (κ2) is 8.42. The number of pyridine rings is 1. The normalized spacial score (nSPS) is 22.4. The van der Waals surface area contributed by atoms with Gasteiger partial charge in [-0.15, -0.1) is 0 Å². The van der Waals surface area contributed by atoms with E-state index in [1.807, 2.05) is 21.9 Å². The van der Waals surface area contributed by atoms with Gasteiger partial charge in [-0.05, 0) is 53.9 Å². The van der Waals surface area contributed by atoms with E-state index in [2.05, 4.69) is 29.2 Å². The summed E-state index contributed by atoms with van der Waals surface area (Å²) in [4.78, 5) is 33.8. The Morgan fingerprint density at radius 1 is 1.00 bits per heavy atom. The van der Waals surface area contributed by atoms with Gasteiger partial charge >= 0.3 is 0 Å². The van der Waals surface area contributed by atoms with E-state index in [4.69, 9.17) is 4.74 Å². The highest BCUT2D eigenvalue weighted by molar-refractivity contribution is 5.94. The van der Waals surface area contributed by atoms with Crippen LogP contribution in [0.1, 0.15) is 53.1 Å². The number of carbonyl (C=O) groups excluding carboxylic acids is 2. The number of nitrogens with zero attached hydrogens (tertiary/aromatic N) is 3. The van der Waals surface area contributed by atoms with Crippen LogP contribution >= 0.6 is 0 Å². The quantitative estimate of drug-likeness (QED) is 0.767. The second-order valence-electron chi connectivity index (χ2n) is 9.00. The Hall–Kier alpha value is -2.73. The van der Waals surface area contributed by atoms with Crippen LogP contribution in [-0.2, 0) is 14.9 Å². The molecule has 2 fully saturated rings. The van der Waals surface area contributed by atoms with Gasteiger partial charge in [0.25, 0.3) is 5.91 Å². The van der Waals surface area contributed by atoms with Crippen LogP contribution in [0.25, 0.3) is 0 Å². The molecule has 1 atom stereocenters. The van der Waals surface area contributed by atoms with Gasteiger partial charge in [0.15, 0.2) is 0 Å². The Balaban J connectivity index is 1.30. The van der Waals surface area contributed by atoms with Crippen LogP contribution in [0.4, 0.5) is 0 Å². The number of amides is 2. The Morgan fingerprint density at radius 3 is 2.52 bits per heavy atom. The van der Waals surface area contributed by atoms with E-state index in [9.17, 15) is 9.59 Å². The van der Waals surface area contributed by atoms with Crippen molar-refractivity contribution in [3.63, 3.8) is 0 Å². The van der Waals surface area contributed by atoms with Crippen molar-refractivity contribution < 1.29 is 14.3 Å². The van der Waals surface area contributed by atoms with Crippen molar-refractivity contribution in [2.75, 3.05) is 39.4 Å². The number of rotatable bonds is 3. The summed E-state index contributed by atoms with van der Waals surface area (Å²) >= 11 is 0. The molecule has 6 nitrogen and oxygen atoms in total. The third-order valence-electron chi connectivity index (χ3n) is 7.31. The highest BCUT2D eigenvalue weighted by Crippen LogP contribution is 2.52. The van der Waals surface area contributed by atoms with E-state index in [-0.39, 0.29) is 23.1 Å². The van der Waals surface area contributed by atoms with Crippen molar-refractivity contribution in [1.82, 2.24) is 14.8 Å². The predicted octanol–water partition coefficient (Wildman–Crippen LogP) is 2.99. The minimum absolute atomic E-state index is 0.0632. The molecule has 0 radical (unpaired) electrons. The molecule has 1 aromatic carbocycles. The van der Waals surface area contributed by atoms with Crippen molar-refractivity contribution in [3.8, 4) is 0 Å². The fourth-order valence-electron chi connectivity index (χ4n) is 5.65. The van der Waals surface area contributed by atoms with Crippen LogP contribution in [0.15, 0.2) is 48.8 Å². The molecular formula is C25H29N3O3. The minimum Gasteiger partial charge on any atom is -0.378 e. The number of aromatic nitrogens is 1. The fraction of sp³-hybridized carbons (Fsp3) is 0.480. The molecule has 3 heterocycles. The van der Waals surface area contributed by atoms with Crippen LogP contribution in [0.5, 0.6) is 0 Å². The Morgan fingerprint density at radius 2 is 1.77 bits per heavy atom. The van der Waals surface area contributed by atoms with Crippen LogP contribution in [0, 0.1) is 0 Å². The van der Waals surface area contributed by atoms with Crippen LogP contribution in [-0.4, -0.2) is 66.0 Å². The molecule has 2 aliphatic heterocycles. The van der Waals surface area contributed by atoms with E-state index < -0.39 is 0 Å². The molecular weight excluding hydrogens is 390 g/mol. The summed E-state index contributed by atoms with van der Waals surface area (Å²) in [6.45, 7) is 4.15. The molecule has 1 aliphatic carbocycles. The first-order valence-electron chi connectivity index (χ1n) is 11.3. The molecule has 6 heteroatoms.